The van der Waals surface area contributed by atoms with Gasteiger partial charge in [0.2, 0.25) is 5.88 Å². The van der Waals surface area contributed by atoms with Crippen molar-refractivity contribution in [2.24, 2.45) is 0 Å². The predicted octanol–water partition coefficient (Wildman–Crippen LogP) is 3.74. The topological polar surface area (TPSA) is 135 Å². The number of rotatable bonds is 5. The van der Waals surface area contributed by atoms with Crippen molar-refractivity contribution in [3.8, 4) is 5.88 Å². The lowest BCUT2D eigenvalue weighted by atomic mass is 9.93. The van der Waals surface area contributed by atoms with Crippen LogP contribution in [0.25, 0.3) is 0 Å². The van der Waals surface area contributed by atoms with Crippen LogP contribution in [0.2, 0.25) is 0 Å². The van der Waals surface area contributed by atoms with Crippen molar-refractivity contribution in [3.63, 3.8) is 0 Å². The van der Waals surface area contributed by atoms with Crippen LogP contribution in [0.3, 0.4) is 0 Å². The van der Waals surface area contributed by atoms with E-state index in [1.54, 1.807) is 13.4 Å². The minimum Gasteiger partial charge on any atom is -0.481 e. The van der Waals surface area contributed by atoms with E-state index < -0.39 is 24.3 Å². The summed E-state index contributed by atoms with van der Waals surface area (Å²) in [5, 5.41) is 14.2. The number of hydrogen-bond acceptors (Lipinski definition) is 9. The molecule has 0 saturated carbocycles. The number of hydrogen-bond donors (Lipinski definition) is 2. The second-order valence-corrected chi connectivity index (χ2v) is 9.77. The number of anilines is 1. The monoisotopic (exact) mass is 586 g/mol. The average molecular weight is 587 g/mol. The highest BCUT2D eigenvalue weighted by Gasteiger charge is 2.50. The number of ether oxygens (including phenoxy) is 2. The zero-order valence-electron chi connectivity index (χ0n) is 20.5. The molecule has 216 valence electrons. The maximum absolute atomic E-state index is 10.6. The number of halogens is 6. The molecule has 2 fully saturated rings. The van der Waals surface area contributed by atoms with Gasteiger partial charge in [0.05, 0.1) is 30.3 Å². The molecular weight excluding hydrogens is 562 g/mol. The number of nitrogens with zero attached hydrogens (tertiary/aromatic N) is 4. The lowest BCUT2D eigenvalue weighted by Crippen LogP contribution is -2.59. The molecule has 2 aliphatic rings. The Hall–Kier alpha value is -3.34. The summed E-state index contributed by atoms with van der Waals surface area (Å²) in [5.74, 6) is -2.92. The van der Waals surface area contributed by atoms with Crippen molar-refractivity contribution in [1.82, 2.24) is 15.0 Å². The number of aliphatic carboxylic acids is 2. The van der Waals surface area contributed by atoms with Gasteiger partial charge in [-0.15, -0.1) is 11.8 Å². The maximum atomic E-state index is 10.6. The highest BCUT2D eigenvalue weighted by atomic mass is 32.2. The molecule has 0 amide bonds. The normalized spacial score (nSPS) is 17.7. The Morgan fingerprint density at radius 2 is 1.69 bits per heavy atom. The van der Waals surface area contributed by atoms with Crippen LogP contribution in [-0.2, 0) is 20.9 Å². The van der Waals surface area contributed by atoms with Crippen molar-refractivity contribution in [2.45, 2.75) is 43.2 Å². The second kappa shape index (κ2) is 13.1. The van der Waals surface area contributed by atoms with E-state index in [1.807, 2.05) is 43.0 Å². The van der Waals surface area contributed by atoms with E-state index >= 15 is 0 Å². The Bertz CT molecular complexity index is 1110. The van der Waals surface area contributed by atoms with E-state index in [9.17, 15) is 26.3 Å². The van der Waals surface area contributed by atoms with Crippen molar-refractivity contribution >= 4 is 29.5 Å². The summed E-state index contributed by atoms with van der Waals surface area (Å²) in [6.07, 6.45) is -7.22. The van der Waals surface area contributed by atoms with E-state index in [-0.39, 0.29) is 0 Å². The SMILES string of the molecule is COc1cc(N2CC3(CC(OCc4cccc(C)n4)CS3)C2)ncn1.O=C(O)C(F)(F)F.O=C(O)C(F)(F)F. The van der Waals surface area contributed by atoms with Gasteiger partial charge in [-0.25, -0.2) is 19.6 Å². The number of alkyl halides is 6. The molecule has 10 nitrogen and oxygen atoms in total. The lowest BCUT2D eigenvalue weighted by molar-refractivity contribution is -0.193. The summed E-state index contributed by atoms with van der Waals surface area (Å²) in [6.45, 7) is 4.60. The Morgan fingerprint density at radius 1 is 1.10 bits per heavy atom. The molecule has 4 heterocycles. The molecule has 2 saturated heterocycles. The number of carbonyl (C=O) groups is 2. The van der Waals surface area contributed by atoms with E-state index in [2.05, 4.69) is 19.9 Å². The van der Waals surface area contributed by atoms with Crippen LogP contribution in [0.1, 0.15) is 17.8 Å². The van der Waals surface area contributed by atoms with E-state index in [0.29, 0.717) is 23.3 Å². The molecule has 4 rings (SSSR count). The summed E-state index contributed by atoms with van der Waals surface area (Å²) in [7, 11) is 1.63. The molecule has 0 radical (unpaired) electrons. The van der Waals surface area contributed by atoms with E-state index in [1.165, 1.54) is 0 Å². The van der Waals surface area contributed by atoms with Gasteiger partial charge < -0.3 is 24.6 Å². The molecule has 1 unspecified atom stereocenters. The summed E-state index contributed by atoms with van der Waals surface area (Å²) in [4.78, 5) is 33.0. The van der Waals surface area contributed by atoms with Crippen LogP contribution in [-0.4, -0.2) is 86.3 Å². The molecule has 0 aromatic carbocycles. The zero-order valence-corrected chi connectivity index (χ0v) is 21.3. The summed E-state index contributed by atoms with van der Waals surface area (Å²) < 4.78 is 75.1. The number of aryl methyl sites for hydroxylation is 1. The van der Waals surface area contributed by atoms with E-state index in [4.69, 9.17) is 29.3 Å². The van der Waals surface area contributed by atoms with Gasteiger partial charge in [0, 0.05) is 30.6 Å². The first-order chi connectivity index (χ1) is 18.0. The predicted molar refractivity (Wildman–Crippen MR) is 126 cm³/mol. The maximum Gasteiger partial charge on any atom is 0.490 e. The third-order valence-corrected chi connectivity index (χ3v) is 6.77. The molecule has 0 bridgehead atoms. The van der Waals surface area contributed by atoms with Crippen LogP contribution in [0, 0.1) is 6.92 Å². The first kappa shape index (κ1) is 31.9. The minimum absolute atomic E-state index is 0.295. The number of carboxylic acids is 2. The molecule has 17 heteroatoms. The molecule has 1 spiro atoms. The smallest absolute Gasteiger partial charge is 0.481 e. The van der Waals surface area contributed by atoms with Crippen LogP contribution in [0.4, 0.5) is 32.2 Å². The van der Waals surface area contributed by atoms with Crippen LogP contribution in [0.5, 0.6) is 5.88 Å². The highest BCUT2D eigenvalue weighted by Crippen LogP contribution is 2.47. The van der Waals surface area contributed by atoms with Crippen LogP contribution < -0.4 is 9.64 Å². The van der Waals surface area contributed by atoms with Crippen molar-refractivity contribution in [2.75, 3.05) is 30.9 Å². The molecule has 1 atom stereocenters. The standard InChI is InChI=1S/C18H22N4O2S.2C2HF3O2/c1-13-4-3-5-14(21-13)8-24-15-7-18(25-9-15)10-22(11-18)16-6-17(23-2)20-12-19-16;2*3-2(4,5)1(6)7/h3-6,12,15H,7-11H2,1-2H3;2*(H,6,7). The first-order valence-corrected chi connectivity index (χ1v) is 11.9. The third kappa shape index (κ3) is 10.0. The molecule has 2 aromatic heterocycles. The Kier molecular flexibility index (Phi) is 10.7. The Labute approximate surface area is 222 Å². The molecule has 0 aliphatic carbocycles. The van der Waals surface area contributed by atoms with Gasteiger partial charge >= 0.3 is 24.3 Å². The van der Waals surface area contributed by atoms with Gasteiger partial charge in [-0.3, -0.25) is 4.98 Å². The summed E-state index contributed by atoms with van der Waals surface area (Å²) in [5.41, 5.74) is 2.04. The highest BCUT2D eigenvalue weighted by molar-refractivity contribution is 8.01. The summed E-state index contributed by atoms with van der Waals surface area (Å²) in [6, 6.07) is 7.96. The molecule has 39 heavy (non-hydrogen) atoms. The van der Waals surface area contributed by atoms with Gasteiger partial charge in [0.15, 0.2) is 0 Å². The number of carboxylic acid groups (broad SMARTS) is 2. The van der Waals surface area contributed by atoms with Crippen LogP contribution in [0.15, 0.2) is 30.6 Å². The second-order valence-electron chi connectivity index (χ2n) is 8.28. The quantitative estimate of drug-likeness (QED) is 0.496. The van der Waals surface area contributed by atoms with Gasteiger partial charge in [0.1, 0.15) is 12.1 Å². The Morgan fingerprint density at radius 3 is 2.21 bits per heavy atom. The molecule has 2 aromatic rings. The van der Waals surface area contributed by atoms with Crippen molar-refractivity contribution in [1.29, 1.82) is 0 Å². The zero-order chi connectivity index (χ0) is 29.4. The lowest BCUT2D eigenvalue weighted by Gasteiger charge is -2.48. The van der Waals surface area contributed by atoms with Crippen molar-refractivity contribution < 1.29 is 55.6 Å². The average Bonchev–Trinajstić information content (AvgIpc) is 3.26. The largest absolute Gasteiger partial charge is 0.490 e. The molecule has 2 N–H and O–H groups in total. The third-order valence-electron chi connectivity index (χ3n) is 5.19. The van der Waals surface area contributed by atoms with Gasteiger partial charge in [0.25, 0.3) is 0 Å². The molecule has 2 aliphatic heterocycles. The number of aromatic nitrogens is 3. The fraction of sp³-hybridized carbons (Fsp3) is 0.500. The first-order valence-electron chi connectivity index (χ1n) is 10.9. The Balaban J connectivity index is 0.000000317. The number of pyridine rings is 1. The van der Waals surface area contributed by atoms with E-state index in [0.717, 1.165) is 42.5 Å². The fourth-order valence-electron chi connectivity index (χ4n) is 3.44. The minimum atomic E-state index is -5.08. The van der Waals surface area contributed by atoms with Crippen molar-refractivity contribution in [3.05, 3.63) is 42.0 Å². The number of thioether (sulfide) groups is 1. The van der Waals surface area contributed by atoms with Gasteiger partial charge in [-0.05, 0) is 25.5 Å². The van der Waals surface area contributed by atoms with Crippen LogP contribution >= 0.6 is 11.8 Å². The number of methoxy groups -OCH3 is 1. The molecular formula is C22H24F6N4O6S. The summed E-state index contributed by atoms with van der Waals surface area (Å²) >= 11 is 2.02. The van der Waals surface area contributed by atoms with Gasteiger partial charge in [-0.1, -0.05) is 6.07 Å². The van der Waals surface area contributed by atoms with Gasteiger partial charge in [-0.2, -0.15) is 26.3 Å². The fourth-order valence-corrected chi connectivity index (χ4v) is 4.99.